The molecule has 1 aliphatic rings. The number of amides is 1. The minimum Gasteiger partial charge on any atom is -0.494 e. The molecule has 1 aromatic heterocycles. The number of ether oxygens (including phenoxy) is 1. The molecule has 0 unspecified atom stereocenters. The number of H-pyrrole nitrogens is 1. The standard InChI is InChI=1S/C26H22Cl2N2O2/c1-2-32-18-10-7-16(8-11-18)25-24-20(19-5-3-4-6-23(19)29-24)13-14-30(25)26(31)17-9-12-21(27)22(28)15-17/h3-12,15,25,29H,2,13-14H2,1H3/t25-/m0/s1. The van der Waals surface area contributed by atoms with Gasteiger partial charge in [0.25, 0.3) is 5.91 Å². The van der Waals surface area contributed by atoms with E-state index in [9.17, 15) is 4.79 Å². The fourth-order valence-corrected chi connectivity index (χ4v) is 4.81. The number of benzene rings is 3. The molecule has 1 amide bonds. The molecule has 4 aromatic rings. The maximum absolute atomic E-state index is 13.6. The molecule has 1 N–H and O–H groups in total. The number of fused-ring (bicyclic) bond motifs is 3. The number of nitrogens with zero attached hydrogens (tertiary/aromatic N) is 1. The van der Waals surface area contributed by atoms with E-state index in [1.54, 1.807) is 18.2 Å². The summed E-state index contributed by atoms with van der Waals surface area (Å²) in [5, 5.41) is 2.02. The Hall–Kier alpha value is -2.95. The Morgan fingerprint density at radius 1 is 1.06 bits per heavy atom. The predicted molar refractivity (Wildman–Crippen MR) is 129 cm³/mol. The summed E-state index contributed by atoms with van der Waals surface area (Å²) < 4.78 is 5.62. The Balaban J connectivity index is 1.62. The number of carbonyl (C=O) groups excluding carboxylic acids is 1. The molecule has 0 saturated heterocycles. The molecule has 3 aromatic carbocycles. The van der Waals surface area contributed by atoms with Gasteiger partial charge in [0.1, 0.15) is 5.75 Å². The summed E-state index contributed by atoms with van der Waals surface area (Å²) in [6.07, 6.45) is 0.778. The molecular formula is C26H22Cl2N2O2. The van der Waals surface area contributed by atoms with Crippen LogP contribution in [0.25, 0.3) is 10.9 Å². The summed E-state index contributed by atoms with van der Waals surface area (Å²) >= 11 is 12.3. The SMILES string of the molecule is CCOc1ccc([C@H]2c3[nH]c4ccccc4c3CCN2C(=O)c2ccc(Cl)c(Cl)c2)cc1. The van der Waals surface area contributed by atoms with E-state index in [0.717, 1.165) is 28.9 Å². The maximum atomic E-state index is 13.6. The highest BCUT2D eigenvalue weighted by atomic mass is 35.5. The number of aromatic nitrogens is 1. The highest BCUT2D eigenvalue weighted by Crippen LogP contribution is 2.39. The topological polar surface area (TPSA) is 45.3 Å². The molecule has 162 valence electrons. The van der Waals surface area contributed by atoms with E-state index < -0.39 is 0 Å². The van der Waals surface area contributed by atoms with Crippen molar-refractivity contribution < 1.29 is 9.53 Å². The second kappa shape index (κ2) is 8.53. The molecule has 4 nitrogen and oxygen atoms in total. The molecule has 0 aliphatic carbocycles. The first-order chi connectivity index (χ1) is 15.6. The lowest BCUT2D eigenvalue weighted by Crippen LogP contribution is -2.40. The monoisotopic (exact) mass is 464 g/mol. The average Bonchev–Trinajstić information content (AvgIpc) is 3.19. The van der Waals surface area contributed by atoms with Gasteiger partial charge in [-0.25, -0.2) is 0 Å². The van der Waals surface area contributed by atoms with Crippen molar-refractivity contribution in [3.63, 3.8) is 0 Å². The number of para-hydroxylation sites is 1. The van der Waals surface area contributed by atoms with Crippen LogP contribution in [0, 0.1) is 0 Å². The molecule has 0 bridgehead atoms. The quantitative estimate of drug-likeness (QED) is 0.366. The van der Waals surface area contributed by atoms with Crippen LogP contribution in [-0.4, -0.2) is 28.9 Å². The van der Waals surface area contributed by atoms with Gasteiger partial charge in [-0.2, -0.15) is 0 Å². The molecular weight excluding hydrogens is 443 g/mol. The molecule has 0 radical (unpaired) electrons. The average molecular weight is 465 g/mol. The lowest BCUT2D eigenvalue weighted by molar-refractivity contribution is 0.0692. The van der Waals surface area contributed by atoms with Crippen LogP contribution in [0.5, 0.6) is 5.75 Å². The van der Waals surface area contributed by atoms with Crippen LogP contribution in [0.2, 0.25) is 10.0 Å². The van der Waals surface area contributed by atoms with Crippen LogP contribution < -0.4 is 4.74 Å². The highest BCUT2D eigenvalue weighted by molar-refractivity contribution is 6.42. The number of aromatic amines is 1. The van der Waals surface area contributed by atoms with Gasteiger partial charge in [-0.05, 0) is 60.9 Å². The van der Waals surface area contributed by atoms with Crippen LogP contribution >= 0.6 is 23.2 Å². The molecule has 1 aliphatic heterocycles. The first-order valence-electron chi connectivity index (χ1n) is 10.6. The van der Waals surface area contributed by atoms with Gasteiger partial charge in [-0.15, -0.1) is 0 Å². The normalized spacial score (nSPS) is 15.6. The van der Waals surface area contributed by atoms with E-state index in [4.69, 9.17) is 27.9 Å². The van der Waals surface area contributed by atoms with Gasteiger partial charge in [-0.3, -0.25) is 4.79 Å². The number of hydrogen-bond donors (Lipinski definition) is 1. The Kier molecular flexibility index (Phi) is 5.58. The van der Waals surface area contributed by atoms with E-state index in [0.29, 0.717) is 28.8 Å². The summed E-state index contributed by atoms with van der Waals surface area (Å²) in [5.41, 5.74) is 4.94. The third-order valence-electron chi connectivity index (χ3n) is 5.97. The van der Waals surface area contributed by atoms with Crippen molar-refractivity contribution in [3.05, 3.63) is 99.2 Å². The molecule has 0 fully saturated rings. The zero-order chi connectivity index (χ0) is 22.2. The third-order valence-corrected chi connectivity index (χ3v) is 6.71. The van der Waals surface area contributed by atoms with Crippen LogP contribution in [0.3, 0.4) is 0 Å². The first kappa shape index (κ1) is 20.9. The van der Waals surface area contributed by atoms with Crippen LogP contribution in [0.15, 0.2) is 66.7 Å². The number of hydrogen-bond acceptors (Lipinski definition) is 2. The zero-order valence-corrected chi connectivity index (χ0v) is 19.1. The van der Waals surface area contributed by atoms with E-state index in [-0.39, 0.29) is 11.9 Å². The zero-order valence-electron chi connectivity index (χ0n) is 17.6. The molecule has 32 heavy (non-hydrogen) atoms. The van der Waals surface area contributed by atoms with E-state index in [1.165, 1.54) is 10.9 Å². The third kappa shape index (κ3) is 3.64. The summed E-state index contributed by atoms with van der Waals surface area (Å²) in [4.78, 5) is 19.1. The highest BCUT2D eigenvalue weighted by Gasteiger charge is 2.35. The Morgan fingerprint density at radius 3 is 2.59 bits per heavy atom. The van der Waals surface area contributed by atoms with Crippen LogP contribution in [0.4, 0.5) is 0 Å². The van der Waals surface area contributed by atoms with Crippen LogP contribution in [-0.2, 0) is 6.42 Å². The summed E-state index contributed by atoms with van der Waals surface area (Å²) in [6, 6.07) is 21.1. The molecule has 6 heteroatoms. The minimum absolute atomic E-state index is 0.0771. The molecule has 1 atom stereocenters. The number of carbonyl (C=O) groups is 1. The van der Waals surface area contributed by atoms with Crippen molar-refractivity contribution in [2.45, 2.75) is 19.4 Å². The van der Waals surface area contributed by atoms with Crippen molar-refractivity contribution in [3.8, 4) is 5.75 Å². The summed E-state index contributed by atoms with van der Waals surface area (Å²) in [6.45, 7) is 3.17. The second-order valence-electron chi connectivity index (χ2n) is 7.84. The van der Waals surface area contributed by atoms with E-state index in [2.05, 4.69) is 23.2 Å². The van der Waals surface area contributed by atoms with E-state index in [1.807, 2.05) is 42.2 Å². The lowest BCUT2D eigenvalue weighted by atomic mass is 9.91. The fourth-order valence-electron chi connectivity index (χ4n) is 4.51. The van der Waals surface area contributed by atoms with Gasteiger partial charge in [0.05, 0.1) is 22.7 Å². The second-order valence-corrected chi connectivity index (χ2v) is 8.66. The van der Waals surface area contributed by atoms with Crippen molar-refractivity contribution >= 4 is 40.0 Å². The minimum atomic E-state index is -0.246. The molecule has 5 rings (SSSR count). The maximum Gasteiger partial charge on any atom is 0.254 e. The van der Waals surface area contributed by atoms with Crippen LogP contribution in [0.1, 0.15) is 40.1 Å². The van der Waals surface area contributed by atoms with Crippen molar-refractivity contribution in [2.75, 3.05) is 13.2 Å². The van der Waals surface area contributed by atoms with Gasteiger partial charge >= 0.3 is 0 Å². The van der Waals surface area contributed by atoms with Crippen molar-refractivity contribution in [1.82, 2.24) is 9.88 Å². The number of halogens is 2. The van der Waals surface area contributed by atoms with Gasteiger partial charge in [-0.1, -0.05) is 53.5 Å². The number of nitrogens with one attached hydrogen (secondary N) is 1. The molecule has 0 saturated carbocycles. The predicted octanol–water partition coefficient (Wildman–Crippen LogP) is 6.66. The Labute approximate surface area is 196 Å². The van der Waals surface area contributed by atoms with E-state index >= 15 is 0 Å². The lowest BCUT2D eigenvalue weighted by Gasteiger charge is -2.36. The largest absolute Gasteiger partial charge is 0.494 e. The Bertz CT molecular complexity index is 1300. The van der Waals surface area contributed by atoms with Gasteiger partial charge in [0, 0.05) is 28.7 Å². The molecule has 0 spiro atoms. The first-order valence-corrected chi connectivity index (χ1v) is 11.4. The van der Waals surface area contributed by atoms with Gasteiger partial charge in [0.2, 0.25) is 0 Å². The fraction of sp³-hybridized carbons (Fsp3) is 0.192. The van der Waals surface area contributed by atoms with Crippen molar-refractivity contribution in [1.29, 1.82) is 0 Å². The number of rotatable bonds is 4. The van der Waals surface area contributed by atoms with Gasteiger partial charge in [0.15, 0.2) is 0 Å². The van der Waals surface area contributed by atoms with Gasteiger partial charge < -0.3 is 14.6 Å². The summed E-state index contributed by atoms with van der Waals surface area (Å²) in [7, 11) is 0. The smallest absolute Gasteiger partial charge is 0.254 e. The van der Waals surface area contributed by atoms with Crippen molar-refractivity contribution in [2.24, 2.45) is 0 Å². The molecule has 2 heterocycles. The summed E-state index contributed by atoms with van der Waals surface area (Å²) in [5.74, 6) is 0.734. The Morgan fingerprint density at radius 2 is 1.84 bits per heavy atom.